The molecular formula is C35H43Cl2N3O4. The zero-order valence-electron chi connectivity index (χ0n) is 25.9. The average molecular weight is 641 g/mol. The van der Waals surface area contributed by atoms with Crippen LogP contribution < -0.4 is 5.32 Å². The number of fused-ring (bicyclic) bond motifs is 1. The van der Waals surface area contributed by atoms with Crippen molar-refractivity contribution in [2.45, 2.75) is 96.7 Å². The number of halogens is 2. The van der Waals surface area contributed by atoms with Crippen molar-refractivity contribution >= 4 is 46.7 Å². The van der Waals surface area contributed by atoms with Gasteiger partial charge in [-0.2, -0.15) is 0 Å². The number of benzene rings is 2. The number of carbonyl (C=O) groups is 3. The van der Waals surface area contributed by atoms with E-state index in [0.29, 0.717) is 38.7 Å². The number of carboxylic acids is 1. The van der Waals surface area contributed by atoms with Crippen LogP contribution in [-0.2, 0) is 9.59 Å². The van der Waals surface area contributed by atoms with E-state index in [4.69, 9.17) is 33.3 Å². The second-order valence-electron chi connectivity index (χ2n) is 14.0. The summed E-state index contributed by atoms with van der Waals surface area (Å²) in [5, 5.41) is 12.5. The summed E-state index contributed by atoms with van der Waals surface area (Å²) in [7, 11) is 0. The molecule has 2 aromatic rings. The number of amides is 2. The van der Waals surface area contributed by atoms with Gasteiger partial charge in [0, 0.05) is 27.7 Å². The van der Waals surface area contributed by atoms with E-state index in [-0.39, 0.29) is 36.2 Å². The molecule has 0 radical (unpaired) electrons. The van der Waals surface area contributed by atoms with Crippen molar-refractivity contribution in [3.8, 4) is 0 Å². The van der Waals surface area contributed by atoms with Gasteiger partial charge in [-0.05, 0) is 85.3 Å². The summed E-state index contributed by atoms with van der Waals surface area (Å²) < 4.78 is 0. The van der Waals surface area contributed by atoms with Crippen molar-refractivity contribution in [2.24, 2.45) is 22.2 Å². The van der Waals surface area contributed by atoms with E-state index in [0.717, 1.165) is 37.7 Å². The highest BCUT2D eigenvalue weighted by atomic mass is 35.5. The third-order valence-corrected chi connectivity index (χ3v) is 9.99. The molecule has 0 aromatic heterocycles. The van der Waals surface area contributed by atoms with Gasteiger partial charge in [-0.1, -0.05) is 81.8 Å². The number of carbonyl (C=O) groups excluding carboxylic acids is 2. The number of nitrogens with one attached hydrogen (secondary N) is 1. The molecule has 44 heavy (non-hydrogen) atoms. The standard InChI is InChI=1S/C35H43Cl2N3O4/c1-34(2,3)15-13-29(23-8-10-24(11-9-23)32(43)38-17-14-30(41)42)40-33(44)31(26-18-27(36)20-28(37)19-26)39-35(40)16-12-22-6-4-5-7-25(22)21-35/h8-11,18-20,22,25,29H,4-7,12-17,21H2,1-3H3,(H,38,43)(H,41,42)/t22?,25?,29-,35?/m1/s1. The van der Waals surface area contributed by atoms with E-state index in [2.05, 4.69) is 31.0 Å². The summed E-state index contributed by atoms with van der Waals surface area (Å²) in [6.07, 6.45) is 9.10. The van der Waals surface area contributed by atoms with Crippen LogP contribution in [0, 0.1) is 17.3 Å². The molecule has 5 rings (SSSR count). The van der Waals surface area contributed by atoms with Crippen molar-refractivity contribution in [3.05, 3.63) is 69.2 Å². The average Bonchev–Trinajstić information content (AvgIpc) is 3.23. The second-order valence-corrected chi connectivity index (χ2v) is 14.8. The zero-order valence-corrected chi connectivity index (χ0v) is 27.4. The van der Waals surface area contributed by atoms with Crippen LogP contribution in [0.1, 0.15) is 113 Å². The van der Waals surface area contributed by atoms with Gasteiger partial charge in [-0.3, -0.25) is 19.4 Å². The van der Waals surface area contributed by atoms with Gasteiger partial charge >= 0.3 is 5.97 Å². The van der Waals surface area contributed by atoms with Crippen LogP contribution in [0.5, 0.6) is 0 Å². The fourth-order valence-electron chi connectivity index (χ4n) is 7.37. The van der Waals surface area contributed by atoms with E-state index in [1.54, 1.807) is 30.3 Å². The lowest BCUT2D eigenvalue weighted by Gasteiger charge is -2.49. The van der Waals surface area contributed by atoms with Gasteiger partial charge in [0.05, 0.1) is 12.5 Å². The van der Waals surface area contributed by atoms with Crippen molar-refractivity contribution < 1.29 is 19.5 Å². The van der Waals surface area contributed by atoms with E-state index < -0.39 is 11.6 Å². The molecule has 3 unspecified atom stereocenters. The molecule has 2 fully saturated rings. The highest BCUT2D eigenvalue weighted by Crippen LogP contribution is 2.52. The Morgan fingerprint density at radius 2 is 1.70 bits per heavy atom. The van der Waals surface area contributed by atoms with Crippen LogP contribution in [0.3, 0.4) is 0 Å². The Bertz CT molecular complexity index is 1410. The minimum Gasteiger partial charge on any atom is -0.481 e. The smallest absolute Gasteiger partial charge is 0.305 e. The molecule has 7 nitrogen and oxygen atoms in total. The minimum absolute atomic E-state index is 0.0450. The highest BCUT2D eigenvalue weighted by molar-refractivity contribution is 6.47. The summed E-state index contributed by atoms with van der Waals surface area (Å²) in [4.78, 5) is 45.6. The number of hydrogen-bond donors (Lipinski definition) is 2. The highest BCUT2D eigenvalue weighted by Gasteiger charge is 2.54. The quantitative estimate of drug-likeness (QED) is 0.290. The van der Waals surface area contributed by atoms with Crippen molar-refractivity contribution in [1.29, 1.82) is 0 Å². The summed E-state index contributed by atoms with van der Waals surface area (Å²) in [6.45, 7) is 6.68. The molecule has 0 saturated heterocycles. The van der Waals surface area contributed by atoms with Gasteiger partial charge in [0.25, 0.3) is 11.8 Å². The van der Waals surface area contributed by atoms with Gasteiger partial charge in [0.15, 0.2) is 0 Å². The number of aliphatic carboxylic acids is 1. The summed E-state index contributed by atoms with van der Waals surface area (Å²) in [5.74, 6) is -0.184. The lowest BCUT2D eigenvalue weighted by atomic mass is 9.67. The fraction of sp³-hybridized carbons (Fsp3) is 0.543. The second kappa shape index (κ2) is 13.2. The number of nitrogens with zero attached hydrogens (tertiary/aromatic N) is 2. The predicted octanol–water partition coefficient (Wildman–Crippen LogP) is 8.08. The molecule has 1 spiro atoms. The maximum atomic E-state index is 14.6. The molecule has 236 valence electrons. The molecular weight excluding hydrogens is 597 g/mol. The molecule has 4 atom stereocenters. The first-order valence-electron chi connectivity index (χ1n) is 15.9. The Morgan fingerprint density at radius 1 is 1.05 bits per heavy atom. The van der Waals surface area contributed by atoms with E-state index in [9.17, 15) is 14.4 Å². The normalized spacial score (nSPS) is 24.2. The van der Waals surface area contributed by atoms with Crippen LogP contribution in [0.4, 0.5) is 0 Å². The summed E-state index contributed by atoms with van der Waals surface area (Å²) >= 11 is 12.8. The third-order valence-electron chi connectivity index (χ3n) is 9.56. The number of aliphatic imine (C=N–C) groups is 1. The Hall–Kier alpha value is -2.90. The Balaban J connectivity index is 1.53. The molecule has 2 amide bonds. The lowest BCUT2D eigenvalue weighted by Crippen LogP contribution is -2.53. The summed E-state index contributed by atoms with van der Waals surface area (Å²) in [5.41, 5.74) is 1.85. The van der Waals surface area contributed by atoms with Crippen molar-refractivity contribution in [1.82, 2.24) is 10.2 Å². The van der Waals surface area contributed by atoms with Gasteiger partial charge in [-0.15, -0.1) is 0 Å². The van der Waals surface area contributed by atoms with Crippen LogP contribution in [-0.4, -0.2) is 45.7 Å². The topological polar surface area (TPSA) is 99.1 Å². The molecule has 2 N–H and O–H groups in total. The van der Waals surface area contributed by atoms with Gasteiger partial charge < -0.3 is 15.3 Å². The molecule has 2 aliphatic carbocycles. The third kappa shape index (κ3) is 7.31. The Kier molecular flexibility index (Phi) is 9.76. The van der Waals surface area contributed by atoms with Crippen LogP contribution in [0.25, 0.3) is 0 Å². The molecule has 2 aromatic carbocycles. The van der Waals surface area contributed by atoms with E-state index >= 15 is 0 Å². The molecule has 9 heteroatoms. The molecule has 0 bridgehead atoms. The Morgan fingerprint density at radius 3 is 2.34 bits per heavy atom. The summed E-state index contributed by atoms with van der Waals surface area (Å²) in [6, 6.07) is 12.4. The monoisotopic (exact) mass is 639 g/mol. The molecule has 2 saturated carbocycles. The maximum absolute atomic E-state index is 14.6. The number of hydrogen-bond acceptors (Lipinski definition) is 4. The SMILES string of the molecule is CC(C)(C)CC[C@H](c1ccc(C(=O)NCCC(=O)O)cc1)N1C(=O)C(c2cc(Cl)cc(Cl)c2)=NC12CCC1CCCCC1C2. The van der Waals surface area contributed by atoms with Gasteiger partial charge in [-0.25, -0.2) is 0 Å². The fourth-order valence-corrected chi connectivity index (χ4v) is 7.90. The first kappa shape index (κ1) is 32.5. The van der Waals surface area contributed by atoms with E-state index in [1.165, 1.54) is 25.7 Å². The molecule has 3 aliphatic rings. The van der Waals surface area contributed by atoms with Crippen LogP contribution in [0.2, 0.25) is 10.0 Å². The minimum atomic E-state index is -0.963. The largest absolute Gasteiger partial charge is 0.481 e. The zero-order chi connectivity index (χ0) is 31.6. The molecule has 1 aliphatic heterocycles. The van der Waals surface area contributed by atoms with Crippen LogP contribution in [0.15, 0.2) is 47.5 Å². The number of rotatable bonds is 9. The van der Waals surface area contributed by atoms with Crippen molar-refractivity contribution in [2.75, 3.05) is 6.54 Å². The van der Waals surface area contributed by atoms with E-state index in [1.807, 2.05) is 12.1 Å². The first-order valence-corrected chi connectivity index (χ1v) is 16.6. The maximum Gasteiger partial charge on any atom is 0.305 e. The van der Waals surface area contributed by atoms with Gasteiger partial charge in [0.1, 0.15) is 11.4 Å². The first-order chi connectivity index (χ1) is 20.8. The number of carboxylic acid groups (broad SMARTS) is 1. The van der Waals surface area contributed by atoms with Gasteiger partial charge in [0.2, 0.25) is 0 Å². The molecule has 1 heterocycles. The van der Waals surface area contributed by atoms with Crippen LogP contribution >= 0.6 is 23.2 Å². The van der Waals surface area contributed by atoms with Crippen molar-refractivity contribution in [3.63, 3.8) is 0 Å². The predicted molar refractivity (Wildman–Crippen MR) is 174 cm³/mol. The lowest BCUT2D eigenvalue weighted by molar-refractivity contribution is -0.137. The Labute approximate surface area is 270 Å².